The van der Waals surface area contributed by atoms with Crippen LogP contribution >= 0.6 is 0 Å². The molecule has 2 heterocycles. The molecule has 3 aromatic rings. The number of carbonyl (C=O) groups is 1. The molecule has 7 heteroatoms. The van der Waals surface area contributed by atoms with Crippen molar-refractivity contribution in [2.45, 2.75) is 57.7 Å². The Morgan fingerprint density at radius 3 is 2.47 bits per heavy atom. The van der Waals surface area contributed by atoms with Gasteiger partial charge in [0.15, 0.2) is 0 Å². The van der Waals surface area contributed by atoms with Crippen LogP contribution in [0.4, 0.5) is 4.79 Å². The maximum Gasteiger partial charge on any atom is 0.315 e. The summed E-state index contributed by atoms with van der Waals surface area (Å²) in [6, 6.07) is 13.0. The number of hydrogen-bond donors (Lipinski definition) is 2. The fourth-order valence-electron chi connectivity index (χ4n) is 4.01. The van der Waals surface area contributed by atoms with Gasteiger partial charge in [0.25, 0.3) is 5.56 Å². The molecule has 2 aromatic heterocycles. The van der Waals surface area contributed by atoms with Gasteiger partial charge in [0.05, 0.1) is 29.9 Å². The van der Waals surface area contributed by atoms with Crippen molar-refractivity contribution in [1.29, 1.82) is 0 Å². The number of urea groups is 1. The van der Waals surface area contributed by atoms with Crippen molar-refractivity contribution in [3.63, 3.8) is 0 Å². The number of fused-ring (bicyclic) bond motifs is 1. The topological polar surface area (TPSA) is 88.9 Å². The summed E-state index contributed by atoms with van der Waals surface area (Å²) in [6.45, 7) is 0.535. The van der Waals surface area contributed by atoms with Crippen LogP contribution in [0, 0.1) is 0 Å². The maximum atomic E-state index is 12.9. The van der Waals surface area contributed by atoms with Gasteiger partial charge >= 0.3 is 6.03 Å². The number of amides is 2. The lowest BCUT2D eigenvalue weighted by Crippen LogP contribution is -2.42. The first kappa shape index (κ1) is 20.1. The molecule has 1 aliphatic rings. The van der Waals surface area contributed by atoms with Gasteiger partial charge in [-0.1, -0.05) is 49.9 Å². The van der Waals surface area contributed by atoms with Crippen LogP contribution in [0.2, 0.25) is 0 Å². The van der Waals surface area contributed by atoms with Crippen LogP contribution in [0.1, 0.15) is 49.9 Å². The van der Waals surface area contributed by atoms with Crippen LogP contribution in [0.15, 0.2) is 53.5 Å². The van der Waals surface area contributed by atoms with Gasteiger partial charge in [-0.25, -0.2) is 9.48 Å². The zero-order valence-electron chi connectivity index (χ0n) is 17.0. The highest BCUT2D eigenvalue weighted by molar-refractivity contribution is 5.84. The highest BCUT2D eigenvalue weighted by Gasteiger charge is 2.16. The molecule has 2 amide bonds. The molecule has 1 aromatic carbocycles. The van der Waals surface area contributed by atoms with Crippen LogP contribution in [0.5, 0.6) is 0 Å². The SMILES string of the molecule is O=C(NCc1nn(Cc2ccccn2)c(=O)c2ccccc12)NC1CCCCCC1. The Hall–Kier alpha value is -3.22. The Morgan fingerprint density at radius 2 is 1.73 bits per heavy atom. The molecule has 0 bridgehead atoms. The molecule has 0 atom stereocenters. The van der Waals surface area contributed by atoms with Crippen LogP contribution in [0.3, 0.4) is 0 Å². The Kier molecular flexibility index (Phi) is 6.37. The Bertz CT molecular complexity index is 1060. The normalized spacial score (nSPS) is 14.9. The molecule has 4 rings (SSSR count). The third kappa shape index (κ3) is 4.84. The lowest BCUT2D eigenvalue weighted by atomic mass is 10.1. The van der Waals surface area contributed by atoms with Gasteiger partial charge < -0.3 is 10.6 Å². The number of benzene rings is 1. The van der Waals surface area contributed by atoms with Crippen molar-refractivity contribution in [1.82, 2.24) is 25.4 Å². The first-order valence-electron chi connectivity index (χ1n) is 10.6. The number of carbonyl (C=O) groups excluding carboxylic acids is 1. The predicted octanol–water partition coefficient (Wildman–Crippen LogP) is 3.36. The van der Waals surface area contributed by atoms with E-state index in [1.807, 2.05) is 36.4 Å². The molecular weight excluding hydrogens is 378 g/mol. The minimum atomic E-state index is -0.185. The van der Waals surface area contributed by atoms with Gasteiger partial charge in [-0.3, -0.25) is 9.78 Å². The standard InChI is InChI=1S/C23H27N5O2/c29-22-20-13-6-5-12-19(20)21(27-28(22)16-18-11-7-8-14-24-18)15-25-23(30)26-17-9-3-1-2-4-10-17/h5-8,11-14,17H,1-4,9-10,15-16H2,(H2,25,26,30). The minimum absolute atomic E-state index is 0.164. The Morgan fingerprint density at radius 1 is 1.00 bits per heavy atom. The number of aromatic nitrogens is 3. The molecule has 0 aliphatic heterocycles. The second-order valence-electron chi connectivity index (χ2n) is 7.79. The van der Waals surface area contributed by atoms with Crippen molar-refractivity contribution in [3.05, 3.63) is 70.4 Å². The third-order valence-electron chi connectivity index (χ3n) is 5.59. The van der Waals surface area contributed by atoms with Gasteiger partial charge in [-0.05, 0) is 31.0 Å². The zero-order chi connectivity index (χ0) is 20.8. The number of rotatable bonds is 5. The molecular formula is C23H27N5O2. The highest BCUT2D eigenvalue weighted by Crippen LogP contribution is 2.17. The van der Waals surface area contributed by atoms with E-state index < -0.39 is 0 Å². The van der Waals surface area contributed by atoms with E-state index >= 15 is 0 Å². The second-order valence-corrected chi connectivity index (χ2v) is 7.79. The average Bonchev–Trinajstić information content (AvgIpc) is 3.04. The van der Waals surface area contributed by atoms with Gasteiger partial charge in [0.2, 0.25) is 0 Å². The smallest absolute Gasteiger partial charge is 0.315 e. The summed E-state index contributed by atoms with van der Waals surface area (Å²) in [6.07, 6.45) is 8.57. The summed E-state index contributed by atoms with van der Waals surface area (Å²) in [4.78, 5) is 29.6. The highest BCUT2D eigenvalue weighted by atomic mass is 16.2. The molecule has 1 aliphatic carbocycles. The molecule has 0 unspecified atom stereocenters. The second kappa shape index (κ2) is 9.52. The summed E-state index contributed by atoms with van der Waals surface area (Å²) in [5.74, 6) is 0. The van der Waals surface area contributed by atoms with E-state index in [-0.39, 0.29) is 30.7 Å². The van der Waals surface area contributed by atoms with Crippen molar-refractivity contribution >= 4 is 16.8 Å². The molecule has 30 heavy (non-hydrogen) atoms. The van der Waals surface area contributed by atoms with Crippen molar-refractivity contribution in [2.75, 3.05) is 0 Å². The minimum Gasteiger partial charge on any atom is -0.335 e. The maximum absolute atomic E-state index is 12.9. The first-order chi connectivity index (χ1) is 14.7. The van der Waals surface area contributed by atoms with E-state index in [1.54, 1.807) is 12.3 Å². The molecule has 1 saturated carbocycles. The van der Waals surface area contributed by atoms with E-state index in [2.05, 4.69) is 20.7 Å². The number of pyridine rings is 1. The van der Waals surface area contributed by atoms with Crippen molar-refractivity contribution in [2.24, 2.45) is 0 Å². The summed E-state index contributed by atoms with van der Waals surface area (Å²) >= 11 is 0. The van der Waals surface area contributed by atoms with Crippen molar-refractivity contribution < 1.29 is 4.79 Å². The van der Waals surface area contributed by atoms with Crippen LogP contribution in [-0.2, 0) is 13.1 Å². The van der Waals surface area contributed by atoms with Gasteiger partial charge in [0.1, 0.15) is 0 Å². The van der Waals surface area contributed by atoms with Gasteiger partial charge in [0, 0.05) is 17.6 Å². The summed E-state index contributed by atoms with van der Waals surface area (Å²) < 4.78 is 1.42. The first-order valence-corrected chi connectivity index (χ1v) is 10.6. The molecule has 0 saturated heterocycles. The number of nitrogens with one attached hydrogen (secondary N) is 2. The molecule has 0 spiro atoms. The summed E-state index contributed by atoms with van der Waals surface area (Å²) in [5.41, 5.74) is 1.26. The lowest BCUT2D eigenvalue weighted by molar-refractivity contribution is 0.235. The monoisotopic (exact) mass is 405 g/mol. The summed E-state index contributed by atoms with van der Waals surface area (Å²) in [5, 5.41) is 11.9. The van der Waals surface area contributed by atoms with E-state index in [0.29, 0.717) is 11.1 Å². The van der Waals surface area contributed by atoms with E-state index in [4.69, 9.17) is 0 Å². The quantitative estimate of drug-likeness (QED) is 0.637. The average molecular weight is 406 g/mol. The lowest BCUT2D eigenvalue weighted by Gasteiger charge is -2.17. The van der Waals surface area contributed by atoms with Crippen LogP contribution in [0.25, 0.3) is 10.8 Å². The molecule has 2 N–H and O–H groups in total. The predicted molar refractivity (Wildman–Crippen MR) is 116 cm³/mol. The number of nitrogens with zero attached hydrogens (tertiary/aromatic N) is 3. The van der Waals surface area contributed by atoms with E-state index in [1.165, 1.54) is 17.5 Å². The Labute approximate surface area is 175 Å². The molecule has 0 radical (unpaired) electrons. The van der Waals surface area contributed by atoms with E-state index in [0.717, 1.165) is 36.8 Å². The number of hydrogen-bond acceptors (Lipinski definition) is 4. The summed E-state index contributed by atoms with van der Waals surface area (Å²) in [7, 11) is 0. The zero-order valence-corrected chi connectivity index (χ0v) is 17.0. The van der Waals surface area contributed by atoms with Crippen molar-refractivity contribution in [3.8, 4) is 0 Å². The van der Waals surface area contributed by atoms with Gasteiger partial charge in [-0.2, -0.15) is 5.10 Å². The van der Waals surface area contributed by atoms with Gasteiger partial charge in [-0.15, -0.1) is 0 Å². The molecule has 1 fully saturated rings. The largest absolute Gasteiger partial charge is 0.335 e. The fraction of sp³-hybridized carbons (Fsp3) is 0.391. The third-order valence-corrected chi connectivity index (χ3v) is 5.59. The van der Waals surface area contributed by atoms with E-state index in [9.17, 15) is 9.59 Å². The molecule has 7 nitrogen and oxygen atoms in total. The fourth-order valence-corrected chi connectivity index (χ4v) is 4.01. The van der Waals surface area contributed by atoms with Crippen LogP contribution < -0.4 is 16.2 Å². The Balaban J connectivity index is 1.53. The van der Waals surface area contributed by atoms with Crippen LogP contribution in [-0.4, -0.2) is 26.8 Å². The molecule has 156 valence electrons.